The number of hydrogen-bond acceptors (Lipinski definition) is 6. The van der Waals surface area contributed by atoms with Gasteiger partial charge in [-0.25, -0.2) is 0 Å². The molecule has 0 saturated heterocycles. The van der Waals surface area contributed by atoms with Crippen LogP contribution in [0.1, 0.15) is 26.2 Å². The molecule has 3 aliphatic rings. The van der Waals surface area contributed by atoms with Crippen LogP contribution in [-0.4, -0.2) is 46.7 Å². The van der Waals surface area contributed by atoms with Crippen LogP contribution in [0.3, 0.4) is 0 Å². The number of aliphatic imine (C=N–C) groups is 2. The first-order chi connectivity index (χ1) is 9.36. The number of nitrogens with one attached hydrogen (secondary N) is 1. The van der Waals surface area contributed by atoms with Crippen molar-refractivity contribution in [1.29, 1.82) is 0 Å². The number of thioether (sulfide) groups is 2. The molecule has 3 aliphatic heterocycles. The number of hydrogen-bond donors (Lipinski definition) is 1. The van der Waals surface area contributed by atoms with Gasteiger partial charge in [0.25, 0.3) is 0 Å². The van der Waals surface area contributed by atoms with Crippen molar-refractivity contribution in [1.82, 2.24) is 10.2 Å². The van der Waals surface area contributed by atoms with Crippen LogP contribution in [-0.2, 0) is 0 Å². The summed E-state index contributed by atoms with van der Waals surface area (Å²) in [4.78, 5) is 11.4. The molecule has 0 bridgehead atoms. The maximum Gasteiger partial charge on any atom is 0.167 e. The highest BCUT2D eigenvalue weighted by atomic mass is 32.2. The van der Waals surface area contributed by atoms with Crippen molar-refractivity contribution in [3.05, 3.63) is 11.1 Å². The molecular weight excluding hydrogens is 276 g/mol. The van der Waals surface area contributed by atoms with Gasteiger partial charge in [-0.2, -0.15) is 0 Å². The molecule has 1 N–H and O–H groups in total. The monoisotopic (exact) mass is 296 g/mol. The van der Waals surface area contributed by atoms with Gasteiger partial charge in [-0.15, -0.1) is 0 Å². The van der Waals surface area contributed by atoms with Crippen molar-refractivity contribution in [2.75, 3.05) is 25.4 Å². The van der Waals surface area contributed by atoms with Gasteiger partial charge in [-0.1, -0.05) is 43.3 Å². The van der Waals surface area contributed by atoms with Crippen molar-refractivity contribution >= 4 is 33.9 Å². The maximum absolute atomic E-state index is 4.60. The van der Waals surface area contributed by atoms with E-state index in [0.717, 1.165) is 30.6 Å². The van der Waals surface area contributed by atoms with E-state index >= 15 is 0 Å². The van der Waals surface area contributed by atoms with Crippen LogP contribution in [0.2, 0.25) is 0 Å². The predicted molar refractivity (Wildman–Crippen MR) is 85.9 cm³/mol. The third-order valence-corrected chi connectivity index (χ3v) is 5.41. The molecular formula is C13H20N4S2. The third kappa shape index (κ3) is 3.11. The van der Waals surface area contributed by atoms with Gasteiger partial charge in [0.2, 0.25) is 0 Å². The van der Waals surface area contributed by atoms with Gasteiger partial charge in [-0.05, 0) is 11.8 Å². The second-order valence-corrected chi connectivity index (χ2v) is 6.76. The smallest absolute Gasteiger partial charge is 0.167 e. The van der Waals surface area contributed by atoms with Gasteiger partial charge >= 0.3 is 0 Å². The van der Waals surface area contributed by atoms with Gasteiger partial charge < -0.3 is 10.2 Å². The second kappa shape index (κ2) is 6.22. The molecule has 0 saturated carbocycles. The Morgan fingerprint density at radius 1 is 1.53 bits per heavy atom. The fourth-order valence-electron chi connectivity index (χ4n) is 2.39. The quantitative estimate of drug-likeness (QED) is 0.846. The minimum Gasteiger partial charge on any atom is -0.360 e. The second-order valence-electron chi connectivity index (χ2n) is 4.96. The van der Waals surface area contributed by atoms with Crippen molar-refractivity contribution in [3.8, 4) is 0 Å². The summed E-state index contributed by atoms with van der Waals surface area (Å²) in [6.45, 7) is 5.19. The highest BCUT2D eigenvalue weighted by Crippen LogP contribution is 2.31. The minimum atomic E-state index is 0.568. The summed E-state index contributed by atoms with van der Waals surface area (Å²) in [5.74, 6) is 0.998. The third-order valence-electron chi connectivity index (χ3n) is 3.49. The van der Waals surface area contributed by atoms with Crippen LogP contribution < -0.4 is 5.32 Å². The van der Waals surface area contributed by atoms with E-state index in [1.54, 1.807) is 11.8 Å². The molecule has 0 spiro atoms. The normalized spacial score (nSPS) is 25.0. The number of amidine groups is 2. The summed E-state index contributed by atoms with van der Waals surface area (Å²) in [5, 5.41) is 8.07. The molecule has 104 valence electrons. The summed E-state index contributed by atoms with van der Waals surface area (Å²) in [6.07, 6.45) is 3.80. The minimum absolute atomic E-state index is 0.568. The summed E-state index contributed by atoms with van der Waals surface area (Å²) >= 11 is 3.58. The Labute approximate surface area is 123 Å². The zero-order valence-electron chi connectivity index (χ0n) is 11.3. The Bertz CT molecular complexity index is 430. The molecule has 0 aliphatic carbocycles. The van der Waals surface area contributed by atoms with Crippen molar-refractivity contribution in [2.45, 2.75) is 32.2 Å². The highest BCUT2D eigenvalue weighted by Gasteiger charge is 2.26. The lowest BCUT2D eigenvalue weighted by Gasteiger charge is -2.16. The molecule has 0 fully saturated rings. The molecule has 3 heterocycles. The van der Waals surface area contributed by atoms with E-state index < -0.39 is 0 Å². The van der Waals surface area contributed by atoms with E-state index in [4.69, 9.17) is 0 Å². The largest absolute Gasteiger partial charge is 0.360 e. The molecule has 0 aromatic carbocycles. The molecule has 0 aromatic heterocycles. The SMILES string of the molecule is CCCCC1CN=C(SCC2=CSC3=NCCN23)N1. The summed E-state index contributed by atoms with van der Waals surface area (Å²) in [7, 11) is 0. The average Bonchev–Trinajstić information content (AvgIpc) is 3.11. The molecule has 6 heteroatoms. The standard InChI is InChI=1S/C13H20N4S2/c1-2-3-4-10-7-15-12(16-10)18-8-11-9-19-13-14-5-6-17(11)13/h9-10H,2-8H2,1H3,(H,15,16). The Balaban J connectivity index is 1.43. The molecule has 19 heavy (non-hydrogen) atoms. The first kappa shape index (κ1) is 13.4. The molecule has 0 radical (unpaired) electrons. The Hall–Kier alpha value is -0.620. The van der Waals surface area contributed by atoms with E-state index in [2.05, 4.69) is 32.5 Å². The molecule has 4 nitrogen and oxygen atoms in total. The Kier molecular flexibility index (Phi) is 4.38. The zero-order valence-corrected chi connectivity index (χ0v) is 12.9. The molecule has 0 amide bonds. The van der Waals surface area contributed by atoms with Gasteiger partial charge in [0, 0.05) is 24.0 Å². The van der Waals surface area contributed by atoms with E-state index in [1.165, 1.54) is 30.1 Å². The topological polar surface area (TPSA) is 40.0 Å². The molecule has 1 unspecified atom stereocenters. The van der Waals surface area contributed by atoms with Gasteiger partial charge in [0.15, 0.2) is 10.3 Å². The maximum atomic E-state index is 4.60. The predicted octanol–water partition coefficient (Wildman–Crippen LogP) is 2.50. The van der Waals surface area contributed by atoms with Crippen LogP contribution in [0, 0.1) is 0 Å². The fourth-order valence-corrected chi connectivity index (χ4v) is 4.39. The van der Waals surface area contributed by atoms with Crippen molar-refractivity contribution in [3.63, 3.8) is 0 Å². The summed E-state index contributed by atoms with van der Waals surface area (Å²) in [6, 6.07) is 0.568. The number of rotatable bonds is 5. The van der Waals surface area contributed by atoms with Crippen molar-refractivity contribution < 1.29 is 0 Å². The van der Waals surface area contributed by atoms with E-state index in [0.29, 0.717) is 6.04 Å². The summed E-state index contributed by atoms with van der Waals surface area (Å²) in [5.41, 5.74) is 1.38. The molecule has 3 rings (SSSR count). The number of fused-ring (bicyclic) bond motifs is 1. The highest BCUT2D eigenvalue weighted by molar-refractivity contribution is 8.17. The van der Waals surface area contributed by atoms with Crippen LogP contribution in [0.4, 0.5) is 0 Å². The van der Waals surface area contributed by atoms with Gasteiger partial charge in [0.1, 0.15) is 0 Å². The Morgan fingerprint density at radius 3 is 3.37 bits per heavy atom. The molecule has 0 aromatic rings. The fraction of sp³-hybridized carbons (Fsp3) is 0.692. The van der Waals surface area contributed by atoms with Crippen LogP contribution in [0.5, 0.6) is 0 Å². The van der Waals surface area contributed by atoms with E-state index in [9.17, 15) is 0 Å². The lowest BCUT2D eigenvalue weighted by Crippen LogP contribution is -2.29. The molecule has 1 atom stereocenters. The van der Waals surface area contributed by atoms with Gasteiger partial charge in [0.05, 0.1) is 13.1 Å². The first-order valence-electron chi connectivity index (χ1n) is 6.98. The lowest BCUT2D eigenvalue weighted by molar-refractivity contribution is 0.567. The number of unbranched alkanes of at least 4 members (excludes halogenated alkanes) is 1. The zero-order chi connectivity index (χ0) is 13.1. The summed E-state index contributed by atoms with van der Waals surface area (Å²) < 4.78 is 0. The van der Waals surface area contributed by atoms with Gasteiger partial charge in [-0.3, -0.25) is 9.98 Å². The number of nitrogens with zero attached hydrogens (tertiary/aromatic N) is 3. The average molecular weight is 296 g/mol. The van der Waals surface area contributed by atoms with E-state index in [1.807, 2.05) is 11.8 Å². The van der Waals surface area contributed by atoms with Crippen LogP contribution in [0.25, 0.3) is 0 Å². The van der Waals surface area contributed by atoms with E-state index in [-0.39, 0.29) is 0 Å². The Morgan fingerprint density at radius 2 is 2.47 bits per heavy atom. The lowest BCUT2D eigenvalue weighted by atomic mass is 10.1. The van der Waals surface area contributed by atoms with Crippen LogP contribution in [0.15, 0.2) is 21.1 Å². The van der Waals surface area contributed by atoms with Crippen LogP contribution >= 0.6 is 23.5 Å². The van der Waals surface area contributed by atoms with Crippen molar-refractivity contribution in [2.24, 2.45) is 9.98 Å². The first-order valence-corrected chi connectivity index (χ1v) is 8.85.